The van der Waals surface area contributed by atoms with Crippen LogP contribution in [-0.2, 0) is 19.4 Å². The fourth-order valence-electron chi connectivity index (χ4n) is 3.42. The molecule has 1 aromatic rings. The van der Waals surface area contributed by atoms with Gasteiger partial charge in [0, 0.05) is 18.5 Å². The molecule has 1 saturated carbocycles. The average molecular weight is 254 g/mol. The van der Waals surface area contributed by atoms with E-state index in [1.165, 1.54) is 24.8 Å². The fourth-order valence-corrected chi connectivity index (χ4v) is 3.42. The standard InChI is InChI=1S/C17H22N2/c18-11-13-5-8-17(9-6-13)19-12-14-4-7-15-2-1-3-16(15)10-14/h4,7,10,13,17,19H,1-3,5-6,8-9,12H2. The van der Waals surface area contributed by atoms with Crippen molar-refractivity contribution in [3.05, 3.63) is 34.9 Å². The van der Waals surface area contributed by atoms with Gasteiger partial charge in [-0.3, -0.25) is 0 Å². The van der Waals surface area contributed by atoms with Crippen LogP contribution in [0.1, 0.15) is 48.8 Å². The van der Waals surface area contributed by atoms with Gasteiger partial charge in [-0.2, -0.15) is 5.26 Å². The minimum atomic E-state index is 0.304. The molecule has 0 bridgehead atoms. The summed E-state index contributed by atoms with van der Waals surface area (Å²) in [5.74, 6) is 0.304. The van der Waals surface area contributed by atoms with Crippen molar-refractivity contribution in [3.63, 3.8) is 0 Å². The van der Waals surface area contributed by atoms with Crippen LogP contribution in [0.4, 0.5) is 0 Å². The molecule has 1 N–H and O–H groups in total. The van der Waals surface area contributed by atoms with Crippen molar-refractivity contribution in [3.8, 4) is 6.07 Å². The second-order valence-corrected chi connectivity index (χ2v) is 6.02. The average Bonchev–Trinajstić information content (AvgIpc) is 2.93. The minimum absolute atomic E-state index is 0.304. The summed E-state index contributed by atoms with van der Waals surface area (Å²) >= 11 is 0. The van der Waals surface area contributed by atoms with Gasteiger partial charge in [-0.05, 0) is 61.6 Å². The lowest BCUT2D eigenvalue weighted by atomic mass is 9.87. The van der Waals surface area contributed by atoms with Crippen LogP contribution < -0.4 is 5.32 Å². The van der Waals surface area contributed by atoms with Gasteiger partial charge in [-0.15, -0.1) is 0 Å². The highest BCUT2D eigenvalue weighted by Crippen LogP contribution is 2.25. The Balaban J connectivity index is 1.51. The van der Waals surface area contributed by atoms with Gasteiger partial charge in [0.25, 0.3) is 0 Å². The van der Waals surface area contributed by atoms with Crippen LogP contribution in [0.5, 0.6) is 0 Å². The number of fused-ring (bicyclic) bond motifs is 1. The molecule has 2 heteroatoms. The van der Waals surface area contributed by atoms with E-state index in [1.54, 1.807) is 11.1 Å². The van der Waals surface area contributed by atoms with Crippen LogP contribution in [0.15, 0.2) is 18.2 Å². The molecular formula is C17H22N2. The lowest BCUT2D eigenvalue weighted by Crippen LogP contribution is -2.32. The lowest BCUT2D eigenvalue weighted by Gasteiger charge is -2.25. The summed E-state index contributed by atoms with van der Waals surface area (Å²) in [4.78, 5) is 0. The zero-order valence-corrected chi connectivity index (χ0v) is 11.5. The summed E-state index contributed by atoms with van der Waals surface area (Å²) in [6, 6.07) is 9.98. The Morgan fingerprint density at radius 2 is 1.89 bits per heavy atom. The number of hydrogen-bond acceptors (Lipinski definition) is 2. The molecular weight excluding hydrogens is 232 g/mol. The molecule has 19 heavy (non-hydrogen) atoms. The monoisotopic (exact) mass is 254 g/mol. The highest BCUT2D eigenvalue weighted by molar-refractivity contribution is 5.35. The normalized spacial score (nSPS) is 25.8. The summed E-state index contributed by atoms with van der Waals surface area (Å²) < 4.78 is 0. The summed E-state index contributed by atoms with van der Waals surface area (Å²) in [6.45, 7) is 0.981. The minimum Gasteiger partial charge on any atom is -0.310 e. The Morgan fingerprint density at radius 3 is 2.68 bits per heavy atom. The van der Waals surface area contributed by atoms with Gasteiger partial charge >= 0.3 is 0 Å². The number of benzene rings is 1. The Morgan fingerprint density at radius 1 is 1.11 bits per heavy atom. The summed E-state index contributed by atoms with van der Waals surface area (Å²) in [7, 11) is 0. The summed E-state index contributed by atoms with van der Waals surface area (Å²) in [5, 5.41) is 12.6. The van der Waals surface area contributed by atoms with E-state index in [0.717, 1.165) is 32.2 Å². The molecule has 0 aromatic heterocycles. The van der Waals surface area contributed by atoms with E-state index >= 15 is 0 Å². The molecule has 3 rings (SSSR count). The zero-order chi connectivity index (χ0) is 13.1. The van der Waals surface area contributed by atoms with E-state index in [0.29, 0.717) is 12.0 Å². The molecule has 2 aliphatic rings. The molecule has 2 aliphatic carbocycles. The molecule has 0 saturated heterocycles. The molecule has 0 amide bonds. The van der Waals surface area contributed by atoms with E-state index in [-0.39, 0.29) is 0 Å². The van der Waals surface area contributed by atoms with Crippen molar-refractivity contribution < 1.29 is 0 Å². The predicted molar refractivity (Wildman–Crippen MR) is 76.7 cm³/mol. The highest BCUT2D eigenvalue weighted by Gasteiger charge is 2.20. The van der Waals surface area contributed by atoms with Crippen molar-refractivity contribution in [1.82, 2.24) is 5.32 Å². The largest absolute Gasteiger partial charge is 0.310 e. The number of aryl methyl sites for hydroxylation is 2. The molecule has 0 spiro atoms. The molecule has 0 atom stereocenters. The Hall–Kier alpha value is -1.33. The van der Waals surface area contributed by atoms with E-state index in [1.807, 2.05) is 0 Å². The van der Waals surface area contributed by atoms with Crippen LogP contribution >= 0.6 is 0 Å². The SMILES string of the molecule is N#CC1CCC(NCc2ccc3c(c2)CCC3)CC1. The van der Waals surface area contributed by atoms with E-state index < -0.39 is 0 Å². The van der Waals surface area contributed by atoms with Crippen LogP contribution in [-0.4, -0.2) is 6.04 Å². The molecule has 0 heterocycles. The van der Waals surface area contributed by atoms with Gasteiger partial charge in [0.05, 0.1) is 6.07 Å². The van der Waals surface area contributed by atoms with Gasteiger partial charge in [0.2, 0.25) is 0 Å². The second kappa shape index (κ2) is 5.75. The third-order valence-corrected chi connectivity index (χ3v) is 4.67. The van der Waals surface area contributed by atoms with Gasteiger partial charge in [-0.1, -0.05) is 18.2 Å². The lowest BCUT2D eigenvalue weighted by molar-refractivity contribution is 0.331. The maximum Gasteiger partial charge on any atom is 0.0655 e. The quantitative estimate of drug-likeness (QED) is 0.898. The Kier molecular flexibility index (Phi) is 3.84. The first-order chi connectivity index (χ1) is 9.35. The maximum absolute atomic E-state index is 8.90. The molecule has 2 nitrogen and oxygen atoms in total. The summed E-state index contributed by atoms with van der Waals surface area (Å²) in [6.07, 6.45) is 8.30. The molecule has 0 aliphatic heterocycles. The van der Waals surface area contributed by atoms with Crippen molar-refractivity contribution in [2.45, 2.75) is 57.5 Å². The third kappa shape index (κ3) is 2.98. The van der Waals surface area contributed by atoms with Crippen molar-refractivity contribution >= 4 is 0 Å². The Bertz CT molecular complexity index is 479. The maximum atomic E-state index is 8.90. The number of nitriles is 1. The van der Waals surface area contributed by atoms with Crippen molar-refractivity contribution in [1.29, 1.82) is 5.26 Å². The number of nitrogens with one attached hydrogen (secondary N) is 1. The molecule has 1 aromatic carbocycles. The molecule has 100 valence electrons. The number of hydrogen-bond donors (Lipinski definition) is 1. The van der Waals surface area contributed by atoms with E-state index in [9.17, 15) is 0 Å². The van der Waals surface area contributed by atoms with E-state index in [4.69, 9.17) is 5.26 Å². The van der Waals surface area contributed by atoms with Crippen molar-refractivity contribution in [2.24, 2.45) is 5.92 Å². The van der Waals surface area contributed by atoms with Gasteiger partial charge < -0.3 is 5.32 Å². The third-order valence-electron chi connectivity index (χ3n) is 4.67. The van der Waals surface area contributed by atoms with Crippen LogP contribution in [0, 0.1) is 17.2 Å². The van der Waals surface area contributed by atoms with Crippen LogP contribution in [0.2, 0.25) is 0 Å². The molecule has 0 unspecified atom stereocenters. The smallest absolute Gasteiger partial charge is 0.0655 e. The van der Waals surface area contributed by atoms with Gasteiger partial charge in [-0.25, -0.2) is 0 Å². The number of nitrogens with zero attached hydrogens (tertiary/aromatic N) is 1. The van der Waals surface area contributed by atoms with Gasteiger partial charge in [0.1, 0.15) is 0 Å². The Labute approximate surface area is 115 Å². The van der Waals surface area contributed by atoms with Crippen molar-refractivity contribution in [2.75, 3.05) is 0 Å². The first-order valence-corrected chi connectivity index (χ1v) is 7.59. The first kappa shape index (κ1) is 12.7. The number of rotatable bonds is 3. The van der Waals surface area contributed by atoms with E-state index in [2.05, 4.69) is 29.6 Å². The fraction of sp³-hybridized carbons (Fsp3) is 0.588. The summed E-state index contributed by atoms with van der Waals surface area (Å²) in [5.41, 5.74) is 4.54. The zero-order valence-electron chi connectivity index (χ0n) is 11.5. The first-order valence-electron chi connectivity index (χ1n) is 7.59. The van der Waals surface area contributed by atoms with Gasteiger partial charge in [0.15, 0.2) is 0 Å². The topological polar surface area (TPSA) is 35.8 Å². The van der Waals surface area contributed by atoms with Crippen LogP contribution in [0.3, 0.4) is 0 Å². The second-order valence-electron chi connectivity index (χ2n) is 6.02. The molecule has 1 fully saturated rings. The molecule has 0 radical (unpaired) electrons. The van der Waals surface area contributed by atoms with Crippen LogP contribution in [0.25, 0.3) is 0 Å². The highest BCUT2D eigenvalue weighted by atomic mass is 14.9. The predicted octanol–water partition coefficient (Wildman–Crippen LogP) is 3.35.